The molecule has 1 saturated heterocycles. The lowest BCUT2D eigenvalue weighted by molar-refractivity contribution is -0.142. The molecule has 1 fully saturated rings. The Morgan fingerprint density at radius 2 is 2.00 bits per heavy atom. The third-order valence-electron chi connectivity index (χ3n) is 3.27. The molecule has 0 aromatic rings. The number of amides is 3. The van der Waals surface area contributed by atoms with Gasteiger partial charge in [-0.3, -0.25) is 4.79 Å². The van der Waals surface area contributed by atoms with E-state index >= 15 is 0 Å². The van der Waals surface area contributed by atoms with E-state index in [0.717, 1.165) is 19.3 Å². The van der Waals surface area contributed by atoms with Crippen molar-refractivity contribution in [3.05, 3.63) is 0 Å². The number of carboxylic acids is 1. The highest BCUT2D eigenvalue weighted by Crippen LogP contribution is 2.18. The highest BCUT2D eigenvalue weighted by atomic mass is 16.4. The van der Waals surface area contributed by atoms with Gasteiger partial charge in [0.15, 0.2) is 0 Å². The fourth-order valence-corrected chi connectivity index (χ4v) is 2.18. The first kappa shape index (κ1) is 15.3. The Kier molecular flexibility index (Phi) is 5.59. The Hall–Kier alpha value is -1.79. The molecule has 108 valence electrons. The predicted molar refractivity (Wildman–Crippen MR) is 68.7 cm³/mol. The molecule has 1 rings (SSSR count). The lowest BCUT2D eigenvalue weighted by atomic mass is 10.1. The maximum atomic E-state index is 12.2. The summed E-state index contributed by atoms with van der Waals surface area (Å²) in [5, 5.41) is 11.6. The van der Waals surface area contributed by atoms with Gasteiger partial charge in [0, 0.05) is 20.6 Å². The molecule has 1 aliphatic heterocycles. The van der Waals surface area contributed by atoms with E-state index in [4.69, 9.17) is 0 Å². The van der Waals surface area contributed by atoms with Crippen molar-refractivity contribution >= 4 is 17.9 Å². The minimum absolute atomic E-state index is 0.0713. The van der Waals surface area contributed by atoms with E-state index in [1.807, 2.05) is 0 Å². The summed E-state index contributed by atoms with van der Waals surface area (Å²) >= 11 is 0. The lowest BCUT2D eigenvalue weighted by Crippen LogP contribution is -2.51. The van der Waals surface area contributed by atoms with Crippen LogP contribution < -0.4 is 5.32 Å². The highest BCUT2D eigenvalue weighted by molar-refractivity contribution is 5.86. The fourth-order valence-electron chi connectivity index (χ4n) is 2.18. The number of aliphatic carboxylic acids is 1. The first-order valence-electron chi connectivity index (χ1n) is 6.42. The number of hydrogen-bond donors (Lipinski definition) is 2. The zero-order chi connectivity index (χ0) is 14.4. The van der Waals surface area contributed by atoms with Gasteiger partial charge in [-0.2, -0.15) is 0 Å². The number of hydrogen-bond acceptors (Lipinski definition) is 3. The average molecular weight is 271 g/mol. The van der Waals surface area contributed by atoms with Crippen molar-refractivity contribution < 1.29 is 19.5 Å². The molecule has 1 atom stereocenters. The van der Waals surface area contributed by atoms with Gasteiger partial charge < -0.3 is 20.2 Å². The van der Waals surface area contributed by atoms with E-state index in [9.17, 15) is 19.5 Å². The van der Waals surface area contributed by atoms with E-state index in [-0.39, 0.29) is 12.5 Å². The molecule has 7 nitrogen and oxygen atoms in total. The first-order valence-corrected chi connectivity index (χ1v) is 6.42. The van der Waals surface area contributed by atoms with Gasteiger partial charge in [0.05, 0.1) is 0 Å². The molecule has 1 unspecified atom stereocenters. The molecule has 19 heavy (non-hydrogen) atoms. The molecule has 0 radical (unpaired) electrons. The number of nitrogens with one attached hydrogen (secondary N) is 1. The van der Waals surface area contributed by atoms with E-state index < -0.39 is 18.0 Å². The number of rotatable bonds is 3. The summed E-state index contributed by atoms with van der Waals surface area (Å²) in [5.41, 5.74) is 0. The number of likely N-dealkylation sites (tertiary alicyclic amines) is 1. The Morgan fingerprint density at radius 1 is 1.32 bits per heavy atom. The van der Waals surface area contributed by atoms with Gasteiger partial charge in [0.1, 0.15) is 12.6 Å². The predicted octanol–water partition coefficient (Wildman–Crippen LogP) is 0.113. The molecular formula is C12H21N3O4. The number of urea groups is 1. The summed E-state index contributed by atoms with van der Waals surface area (Å²) in [7, 11) is 2.99. The molecule has 2 N–H and O–H groups in total. The summed E-state index contributed by atoms with van der Waals surface area (Å²) in [6.07, 6.45) is 2.99. The van der Waals surface area contributed by atoms with Crippen LogP contribution in [0.2, 0.25) is 0 Å². The molecule has 7 heteroatoms. The monoisotopic (exact) mass is 271 g/mol. The molecule has 0 aliphatic carbocycles. The Bertz CT molecular complexity index is 359. The second-order valence-electron chi connectivity index (χ2n) is 4.71. The molecule has 0 aromatic carbocycles. The second kappa shape index (κ2) is 6.96. The second-order valence-corrected chi connectivity index (χ2v) is 4.71. The number of likely N-dealkylation sites (N-methyl/N-ethyl adjacent to an activating group) is 2. The number of carboxylic acid groups (broad SMARTS) is 1. The Labute approximate surface area is 112 Å². The van der Waals surface area contributed by atoms with Gasteiger partial charge in [0.2, 0.25) is 5.91 Å². The fraction of sp³-hybridized carbons (Fsp3) is 0.750. The van der Waals surface area contributed by atoms with Crippen molar-refractivity contribution in [2.75, 3.05) is 27.2 Å². The largest absolute Gasteiger partial charge is 0.480 e. The Morgan fingerprint density at radius 3 is 2.58 bits per heavy atom. The minimum atomic E-state index is -0.983. The molecule has 1 aliphatic rings. The van der Waals surface area contributed by atoms with Crippen LogP contribution in [-0.2, 0) is 9.59 Å². The van der Waals surface area contributed by atoms with Gasteiger partial charge in [0.25, 0.3) is 0 Å². The number of nitrogens with zero attached hydrogens (tertiary/aromatic N) is 2. The van der Waals surface area contributed by atoms with E-state index in [1.54, 1.807) is 0 Å². The molecule has 0 bridgehead atoms. The van der Waals surface area contributed by atoms with Gasteiger partial charge in [-0.1, -0.05) is 12.8 Å². The van der Waals surface area contributed by atoms with Gasteiger partial charge in [-0.05, 0) is 12.8 Å². The average Bonchev–Trinajstić information content (AvgIpc) is 2.62. The standard InChI is InChI=1S/C12H21N3O4/c1-13-10(16)8-14(2)12(19)15-7-5-3-4-6-9(15)11(17)18/h9H,3-8H2,1-2H3,(H,13,16)(H,17,18). The molecule has 1 heterocycles. The van der Waals surface area contributed by atoms with Crippen LogP contribution in [0.3, 0.4) is 0 Å². The van der Waals surface area contributed by atoms with E-state index in [2.05, 4.69) is 5.32 Å². The van der Waals surface area contributed by atoms with Crippen molar-refractivity contribution in [1.29, 1.82) is 0 Å². The van der Waals surface area contributed by atoms with Crippen LogP contribution >= 0.6 is 0 Å². The first-order chi connectivity index (χ1) is 8.97. The minimum Gasteiger partial charge on any atom is -0.480 e. The molecule has 0 saturated carbocycles. The quantitative estimate of drug-likeness (QED) is 0.762. The number of carbonyl (C=O) groups is 3. The molecule has 3 amide bonds. The van der Waals surface area contributed by atoms with Crippen LogP contribution in [-0.4, -0.2) is 66.0 Å². The van der Waals surface area contributed by atoms with E-state index in [1.165, 1.54) is 23.9 Å². The van der Waals surface area contributed by atoms with Crippen LogP contribution in [0.5, 0.6) is 0 Å². The van der Waals surface area contributed by atoms with Crippen molar-refractivity contribution in [2.24, 2.45) is 0 Å². The molecule has 0 aromatic heterocycles. The third kappa shape index (κ3) is 4.11. The van der Waals surface area contributed by atoms with Crippen LogP contribution in [0.4, 0.5) is 4.79 Å². The third-order valence-corrected chi connectivity index (χ3v) is 3.27. The maximum absolute atomic E-state index is 12.2. The summed E-state index contributed by atoms with van der Waals surface area (Å²) in [6, 6.07) is -1.19. The maximum Gasteiger partial charge on any atom is 0.326 e. The van der Waals surface area contributed by atoms with Crippen molar-refractivity contribution in [1.82, 2.24) is 15.1 Å². The van der Waals surface area contributed by atoms with E-state index in [0.29, 0.717) is 13.0 Å². The van der Waals surface area contributed by atoms with Crippen molar-refractivity contribution in [3.63, 3.8) is 0 Å². The normalized spacial score (nSPS) is 19.5. The van der Waals surface area contributed by atoms with Gasteiger partial charge >= 0.3 is 12.0 Å². The SMILES string of the molecule is CNC(=O)CN(C)C(=O)N1CCCCCC1C(=O)O. The summed E-state index contributed by atoms with van der Waals surface area (Å²) < 4.78 is 0. The number of carbonyl (C=O) groups excluding carboxylic acids is 2. The lowest BCUT2D eigenvalue weighted by Gasteiger charge is -2.30. The summed E-state index contributed by atoms with van der Waals surface area (Å²) in [4.78, 5) is 37.3. The smallest absolute Gasteiger partial charge is 0.326 e. The van der Waals surface area contributed by atoms with Gasteiger partial charge in [-0.25, -0.2) is 9.59 Å². The van der Waals surface area contributed by atoms with Crippen LogP contribution in [0.15, 0.2) is 0 Å². The Balaban J connectivity index is 2.75. The molecule has 0 spiro atoms. The topological polar surface area (TPSA) is 90.0 Å². The highest BCUT2D eigenvalue weighted by Gasteiger charge is 2.32. The van der Waals surface area contributed by atoms with Crippen molar-refractivity contribution in [2.45, 2.75) is 31.7 Å². The summed E-state index contributed by atoms with van der Waals surface area (Å²) in [5.74, 6) is -1.26. The van der Waals surface area contributed by atoms with Crippen LogP contribution in [0.25, 0.3) is 0 Å². The van der Waals surface area contributed by atoms with Crippen LogP contribution in [0, 0.1) is 0 Å². The molecular weight excluding hydrogens is 250 g/mol. The zero-order valence-corrected chi connectivity index (χ0v) is 11.4. The zero-order valence-electron chi connectivity index (χ0n) is 11.4. The summed E-state index contributed by atoms with van der Waals surface area (Å²) in [6.45, 7) is 0.353. The van der Waals surface area contributed by atoms with Gasteiger partial charge in [-0.15, -0.1) is 0 Å². The van der Waals surface area contributed by atoms with Crippen molar-refractivity contribution in [3.8, 4) is 0 Å². The van der Waals surface area contributed by atoms with Crippen LogP contribution in [0.1, 0.15) is 25.7 Å².